The summed E-state index contributed by atoms with van der Waals surface area (Å²) in [6.45, 7) is 0. The third kappa shape index (κ3) is 0.932. The number of aryl methyl sites for hydroxylation is 1. The van der Waals surface area contributed by atoms with Gasteiger partial charge in [-0.15, -0.1) is 0 Å². The molecule has 0 fully saturated rings. The van der Waals surface area contributed by atoms with Gasteiger partial charge >= 0.3 is 5.69 Å². The number of aromatic nitrogens is 3. The van der Waals surface area contributed by atoms with Gasteiger partial charge in [0.2, 0.25) is 0 Å². The van der Waals surface area contributed by atoms with E-state index in [2.05, 4.69) is 4.98 Å². The first kappa shape index (κ1) is 7.85. The van der Waals surface area contributed by atoms with E-state index in [-0.39, 0.29) is 11.2 Å². The van der Waals surface area contributed by atoms with Crippen molar-refractivity contribution in [1.82, 2.24) is 14.1 Å². The van der Waals surface area contributed by atoms with E-state index in [0.717, 1.165) is 4.57 Å². The van der Waals surface area contributed by atoms with E-state index in [1.54, 1.807) is 23.9 Å². The number of hydrogen-bond acceptors (Lipinski definition) is 2. The molecule has 2 rings (SSSR count). The average Bonchev–Trinajstić information content (AvgIpc) is 2.43. The third-order valence-corrected chi connectivity index (χ3v) is 2.13. The molecule has 0 aliphatic heterocycles. The summed E-state index contributed by atoms with van der Waals surface area (Å²) in [4.78, 5) is 25.3. The second-order valence-electron chi connectivity index (χ2n) is 2.98. The summed E-state index contributed by atoms with van der Waals surface area (Å²) in [6.07, 6.45) is 1.74. The molecule has 5 heteroatoms. The molecule has 2 heterocycles. The van der Waals surface area contributed by atoms with Gasteiger partial charge in [0.05, 0.1) is 5.52 Å². The first-order chi connectivity index (χ1) is 6.11. The maximum absolute atomic E-state index is 11.6. The Kier molecular flexibility index (Phi) is 1.42. The van der Waals surface area contributed by atoms with E-state index >= 15 is 0 Å². The van der Waals surface area contributed by atoms with Crippen molar-refractivity contribution in [3.8, 4) is 0 Å². The molecular weight excluding hydrogens is 170 g/mol. The quantitative estimate of drug-likeness (QED) is 0.596. The molecule has 0 aromatic carbocycles. The molecular formula is C8H9N3O2. The monoisotopic (exact) mass is 179 g/mol. The predicted octanol–water partition coefficient (Wildman–Crippen LogP) is -0.435. The molecule has 0 saturated carbocycles. The molecule has 68 valence electrons. The lowest BCUT2D eigenvalue weighted by Gasteiger charge is -1.97. The SMILES string of the molecule is Cn1c(=O)[nH]c2ccn(C)c2c1=O. The number of nitrogens with one attached hydrogen (secondary N) is 1. The number of rotatable bonds is 0. The molecule has 0 amide bonds. The Morgan fingerprint density at radius 3 is 2.69 bits per heavy atom. The molecule has 0 aliphatic rings. The van der Waals surface area contributed by atoms with Crippen molar-refractivity contribution in [3.05, 3.63) is 33.1 Å². The average molecular weight is 179 g/mol. The van der Waals surface area contributed by atoms with Crippen molar-refractivity contribution in [3.63, 3.8) is 0 Å². The first-order valence-electron chi connectivity index (χ1n) is 3.85. The first-order valence-corrected chi connectivity index (χ1v) is 3.85. The summed E-state index contributed by atoms with van der Waals surface area (Å²) in [5.41, 5.74) is 0.438. The maximum atomic E-state index is 11.6. The molecule has 0 saturated heterocycles. The van der Waals surface area contributed by atoms with Crippen molar-refractivity contribution in [2.45, 2.75) is 0 Å². The number of fused-ring (bicyclic) bond motifs is 1. The van der Waals surface area contributed by atoms with E-state index in [9.17, 15) is 9.59 Å². The molecule has 0 unspecified atom stereocenters. The second-order valence-corrected chi connectivity index (χ2v) is 2.98. The second kappa shape index (κ2) is 2.35. The van der Waals surface area contributed by atoms with Crippen LogP contribution in [0, 0.1) is 0 Å². The molecule has 0 bridgehead atoms. The lowest BCUT2D eigenvalue weighted by Crippen LogP contribution is -2.32. The van der Waals surface area contributed by atoms with Crippen LogP contribution in [0.2, 0.25) is 0 Å². The number of nitrogens with zero attached hydrogens (tertiary/aromatic N) is 2. The Morgan fingerprint density at radius 2 is 2.00 bits per heavy atom. The van der Waals surface area contributed by atoms with Crippen LogP contribution in [0.15, 0.2) is 21.9 Å². The van der Waals surface area contributed by atoms with Crippen LogP contribution in [0.1, 0.15) is 0 Å². The summed E-state index contributed by atoms with van der Waals surface area (Å²) < 4.78 is 2.75. The van der Waals surface area contributed by atoms with Gasteiger partial charge < -0.3 is 9.55 Å². The van der Waals surface area contributed by atoms with Crippen LogP contribution < -0.4 is 11.2 Å². The minimum atomic E-state index is -0.385. The van der Waals surface area contributed by atoms with Crippen LogP contribution in [-0.4, -0.2) is 14.1 Å². The van der Waals surface area contributed by atoms with Crippen molar-refractivity contribution >= 4 is 11.0 Å². The van der Waals surface area contributed by atoms with Crippen molar-refractivity contribution < 1.29 is 0 Å². The van der Waals surface area contributed by atoms with Gasteiger partial charge in [0.1, 0.15) is 5.52 Å². The molecule has 0 spiro atoms. The van der Waals surface area contributed by atoms with Crippen LogP contribution in [0.3, 0.4) is 0 Å². The molecule has 5 nitrogen and oxygen atoms in total. The van der Waals surface area contributed by atoms with Gasteiger partial charge in [-0.3, -0.25) is 9.36 Å². The van der Waals surface area contributed by atoms with Gasteiger partial charge in [-0.05, 0) is 6.07 Å². The highest BCUT2D eigenvalue weighted by Crippen LogP contribution is 2.03. The number of H-pyrrole nitrogens is 1. The summed E-state index contributed by atoms with van der Waals surface area (Å²) in [7, 11) is 3.22. The fraction of sp³-hybridized carbons (Fsp3) is 0.250. The van der Waals surface area contributed by atoms with E-state index in [0.29, 0.717) is 11.0 Å². The predicted molar refractivity (Wildman–Crippen MR) is 48.8 cm³/mol. The van der Waals surface area contributed by atoms with E-state index in [4.69, 9.17) is 0 Å². The van der Waals surface area contributed by atoms with Crippen LogP contribution in [0.4, 0.5) is 0 Å². The zero-order valence-electron chi connectivity index (χ0n) is 7.37. The Bertz CT molecular complexity index is 573. The van der Waals surface area contributed by atoms with Gasteiger partial charge in [0.15, 0.2) is 0 Å². The van der Waals surface area contributed by atoms with Crippen molar-refractivity contribution in [2.75, 3.05) is 0 Å². The van der Waals surface area contributed by atoms with Gasteiger partial charge in [0.25, 0.3) is 5.56 Å². The van der Waals surface area contributed by atoms with Gasteiger partial charge in [-0.25, -0.2) is 4.79 Å². The zero-order chi connectivity index (χ0) is 9.59. The largest absolute Gasteiger partial charge is 0.345 e. The smallest absolute Gasteiger partial charge is 0.328 e. The minimum absolute atomic E-state index is 0.272. The Balaban J connectivity index is 3.16. The lowest BCUT2D eigenvalue weighted by atomic mass is 10.4. The fourth-order valence-corrected chi connectivity index (χ4v) is 1.35. The van der Waals surface area contributed by atoms with E-state index < -0.39 is 0 Å². The van der Waals surface area contributed by atoms with Gasteiger partial charge in [-0.1, -0.05) is 0 Å². The zero-order valence-corrected chi connectivity index (χ0v) is 7.37. The van der Waals surface area contributed by atoms with Crippen molar-refractivity contribution in [1.29, 1.82) is 0 Å². The Labute approximate surface area is 73.2 Å². The van der Waals surface area contributed by atoms with Crippen LogP contribution in [-0.2, 0) is 14.1 Å². The molecule has 2 aromatic rings. The van der Waals surface area contributed by atoms with Gasteiger partial charge in [-0.2, -0.15) is 0 Å². The topological polar surface area (TPSA) is 59.8 Å². The number of aromatic amines is 1. The maximum Gasteiger partial charge on any atom is 0.328 e. The molecule has 1 N–H and O–H groups in total. The summed E-state index contributed by atoms with van der Waals surface area (Å²) in [5, 5.41) is 0. The van der Waals surface area contributed by atoms with E-state index in [1.165, 1.54) is 7.05 Å². The Hall–Kier alpha value is -1.78. The van der Waals surface area contributed by atoms with Crippen LogP contribution in [0.25, 0.3) is 11.0 Å². The molecule has 2 aromatic heterocycles. The molecule has 0 atom stereocenters. The molecule has 0 aliphatic carbocycles. The normalized spacial score (nSPS) is 10.9. The number of hydrogen-bond donors (Lipinski definition) is 1. The standard InChI is InChI=1S/C8H9N3O2/c1-10-4-3-5-6(10)7(12)11(2)8(13)9-5/h3-4H,1-2H3,(H,9,13). The molecule has 13 heavy (non-hydrogen) atoms. The third-order valence-electron chi connectivity index (χ3n) is 2.13. The van der Waals surface area contributed by atoms with Crippen molar-refractivity contribution in [2.24, 2.45) is 14.1 Å². The minimum Gasteiger partial charge on any atom is -0.345 e. The lowest BCUT2D eigenvalue weighted by molar-refractivity contribution is 0.783. The summed E-state index contributed by atoms with van der Waals surface area (Å²) in [6, 6.07) is 1.71. The highest BCUT2D eigenvalue weighted by atomic mass is 16.2. The van der Waals surface area contributed by atoms with E-state index in [1.807, 2.05) is 0 Å². The summed E-state index contributed by atoms with van der Waals surface area (Å²) >= 11 is 0. The van der Waals surface area contributed by atoms with Crippen LogP contribution in [0.5, 0.6) is 0 Å². The summed E-state index contributed by atoms with van der Waals surface area (Å²) in [5.74, 6) is 0. The Morgan fingerprint density at radius 1 is 1.31 bits per heavy atom. The molecule has 0 radical (unpaired) electrons. The van der Waals surface area contributed by atoms with Gasteiger partial charge in [0, 0.05) is 20.3 Å². The van der Waals surface area contributed by atoms with Crippen LogP contribution >= 0.6 is 0 Å². The fourth-order valence-electron chi connectivity index (χ4n) is 1.35. The highest BCUT2D eigenvalue weighted by Gasteiger charge is 2.06. The highest BCUT2D eigenvalue weighted by molar-refractivity contribution is 5.74.